The van der Waals surface area contributed by atoms with Crippen LogP contribution in [0.15, 0.2) is 0 Å². The van der Waals surface area contributed by atoms with E-state index in [9.17, 15) is 18.1 Å². The van der Waals surface area contributed by atoms with Gasteiger partial charge >= 0.3 is 29.6 Å². The van der Waals surface area contributed by atoms with Gasteiger partial charge in [-0.05, 0) is 26.2 Å². The molecule has 0 rings (SSSR count). The van der Waals surface area contributed by atoms with Gasteiger partial charge in [-0.1, -0.05) is 64.7 Å². The molecule has 128 valence electrons. The molecule has 0 aromatic rings. The van der Waals surface area contributed by atoms with Gasteiger partial charge in [0.2, 0.25) is 0 Å². The van der Waals surface area contributed by atoms with Gasteiger partial charge in [0.05, 0.1) is 16.2 Å². The number of unbranched alkanes of at least 4 members (excludes halogenated alkanes) is 8. The van der Waals surface area contributed by atoms with E-state index in [2.05, 4.69) is 0 Å². The molecule has 0 bridgehead atoms. The quantitative estimate of drug-likeness (QED) is 0.290. The van der Waals surface area contributed by atoms with Gasteiger partial charge in [-0.2, -0.15) is 0 Å². The fraction of sp³-hybridized carbons (Fsp3) is 1.00. The summed E-state index contributed by atoms with van der Waals surface area (Å²) in [5.41, 5.74) is 0. The molecule has 0 aromatic carbocycles. The molecule has 0 amide bonds. The molecular formula is C16H33NaO4S. The Morgan fingerprint density at radius 3 is 1.59 bits per heavy atom. The van der Waals surface area contributed by atoms with Crippen molar-refractivity contribution in [1.82, 2.24) is 0 Å². The van der Waals surface area contributed by atoms with Crippen LogP contribution in [0.1, 0.15) is 90.9 Å². The molecule has 0 heterocycles. The van der Waals surface area contributed by atoms with E-state index in [4.69, 9.17) is 0 Å². The first-order valence-electron chi connectivity index (χ1n) is 8.50. The number of hydrogen-bond donors (Lipinski definition) is 1. The Morgan fingerprint density at radius 1 is 0.864 bits per heavy atom. The van der Waals surface area contributed by atoms with Crippen LogP contribution in [-0.4, -0.2) is 29.4 Å². The van der Waals surface area contributed by atoms with Crippen molar-refractivity contribution in [3.05, 3.63) is 0 Å². The van der Waals surface area contributed by atoms with Crippen LogP contribution in [0.3, 0.4) is 0 Å². The molecule has 0 fully saturated rings. The molecule has 0 saturated heterocycles. The minimum atomic E-state index is -4.09. The number of aliphatic hydroxyl groups is 1. The molecule has 2 atom stereocenters. The van der Waals surface area contributed by atoms with Gasteiger partial charge in [0, 0.05) is 5.25 Å². The normalized spacial score (nSPS) is 14.4. The Labute approximate surface area is 159 Å². The van der Waals surface area contributed by atoms with Crippen LogP contribution in [0, 0.1) is 0 Å². The predicted octanol–water partition coefficient (Wildman–Crippen LogP) is 0.986. The predicted molar refractivity (Wildman–Crippen MR) is 86.2 cm³/mol. The zero-order valence-electron chi connectivity index (χ0n) is 14.7. The molecule has 0 aliphatic heterocycles. The van der Waals surface area contributed by atoms with Gasteiger partial charge < -0.3 is 9.66 Å². The van der Waals surface area contributed by atoms with Gasteiger partial charge in [0.1, 0.15) is 0 Å². The summed E-state index contributed by atoms with van der Waals surface area (Å²) in [5.74, 6) is 0. The van der Waals surface area contributed by atoms with Crippen molar-refractivity contribution in [3.63, 3.8) is 0 Å². The number of rotatable bonds is 14. The molecular weight excluding hydrogens is 311 g/mol. The topological polar surface area (TPSA) is 77.4 Å². The van der Waals surface area contributed by atoms with Crippen molar-refractivity contribution in [2.45, 2.75) is 102 Å². The molecule has 1 N–H and O–H groups in total. The van der Waals surface area contributed by atoms with Crippen LogP contribution >= 0.6 is 0 Å². The van der Waals surface area contributed by atoms with E-state index >= 15 is 0 Å². The second kappa shape index (κ2) is 15.4. The third kappa shape index (κ3) is 15.8. The molecule has 22 heavy (non-hydrogen) atoms. The van der Waals surface area contributed by atoms with Crippen molar-refractivity contribution < 1.29 is 47.6 Å². The maximum atomic E-state index is 10.7. The first-order valence-corrected chi connectivity index (χ1v) is 9.97. The molecule has 0 spiro atoms. The van der Waals surface area contributed by atoms with E-state index in [0.29, 0.717) is 6.42 Å². The second-order valence-corrected chi connectivity index (χ2v) is 7.92. The Kier molecular flexibility index (Phi) is 17.6. The molecule has 0 saturated carbocycles. The van der Waals surface area contributed by atoms with Crippen molar-refractivity contribution in [2.24, 2.45) is 0 Å². The third-order valence-electron chi connectivity index (χ3n) is 4.11. The van der Waals surface area contributed by atoms with E-state index in [1.54, 1.807) is 0 Å². The molecule has 4 nitrogen and oxygen atoms in total. The van der Waals surface area contributed by atoms with Gasteiger partial charge in [0.25, 0.3) is 0 Å². The minimum absolute atomic E-state index is 0. The van der Waals surface area contributed by atoms with Gasteiger partial charge in [-0.25, -0.2) is 8.42 Å². The standard InChI is InChI=1S/C16H34O4S.Na/c1-3-16(17)14-12-10-8-6-4-5-7-9-11-13-15(2)21(18,19)20;/h15-17H,3-14H2,1-2H3,(H,18,19,20);/q;+1/p-1. The van der Waals surface area contributed by atoms with E-state index in [-0.39, 0.29) is 35.7 Å². The van der Waals surface area contributed by atoms with Gasteiger partial charge in [-0.3, -0.25) is 0 Å². The smallest absolute Gasteiger partial charge is 0.748 e. The SMILES string of the molecule is CCC(O)CCCCCCCCCCCC(C)S(=O)(=O)[O-].[Na+]. The number of hydrogen-bond acceptors (Lipinski definition) is 4. The van der Waals surface area contributed by atoms with Gasteiger partial charge in [-0.15, -0.1) is 0 Å². The number of aliphatic hydroxyl groups excluding tert-OH is 1. The van der Waals surface area contributed by atoms with Gasteiger partial charge in [0.15, 0.2) is 0 Å². The second-order valence-electron chi connectivity index (χ2n) is 6.12. The zero-order valence-corrected chi connectivity index (χ0v) is 17.5. The fourth-order valence-electron chi connectivity index (χ4n) is 2.40. The summed E-state index contributed by atoms with van der Waals surface area (Å²) in [5, 5.41) is 8.67. The first kappa shape index (κ1) is 25.1. The molecule has 6 heteroatoms. The first-order chi connectivity index (χ1) is 9.88. The average Bonchev–Trinajstić information content (AvgIpc) is 2.43. The van der Waals surface area contributed by atoms with Crippen LogP contribution in [0.2, 0.25) is 0 Å². The van der Waals surface area contributed by atoms with Crippen molar-refractivity contribution in [1.29, 1.82) is 0 Å². The average molecular weight is 344 g/mol. The molecule has 0 aliphatic rings. The van der Waals surface area contributed by atoms with Crippen LogP contribution in [0.4, 0.5) is 0 Å². The summed E-state index contributed by atoms with van der Waals surface area (Å²) in [6.07, 6.45) is 12.4. The molecule has 0 aromatic heterocycles. The van der Waals surface area contributed by atoms with Crippen molar-refractivity contribution in [2.75, 3.05) is 0 Å². The Balaban J connectivity index is 0. The fourth-order valence-corrected chi connectivity index (χ4v) is 2.85. The van der Waals surface area contributed by atoms with E-state index in [1.807, 2.05) is 6.92 Å². The largest absolute Gasteiger partial charge is 1.00 e. The summed E-state index contributed by atoms with van der Waals surface area (Å²) < 4.78 is 32.1. The van der Waals surface area contributed by atoms with Crippen LogP contribution in [0.25, 0.3) is 0 Å². The maximum Gasteiger partial charge on any atom is 1.00 e. The molecule has 0 radical (unpaired) electrons. The summed E-state index contributed by atoms with van der Waals surface area (Å²) in [7, 11) is -4.09. The maximum absolute atomic E-state index is 10.7. The van der Waals surface area contributed by atoms with Crippen molar-refractivity contribution in [3.8, 4) is 0 Å². The van der Waals surface area contributed by atoms with E-state index < -0.39 is 15.4 Å². The Bertz CT molecular complexity index is 333. The minimum Gasteiger partial charge on any atom is -0.748 e. The summed E-state index contributed by atoms with van der Waals surface area (Å²) >= 11 is 0. The van der Waals surface area contributed by atoms with Crippen LogP contribution in [-0.2, 0) is 10.1 Å². The van der Waals surface area contributed by atoms with E-state index in [1.165, 1.54) is 39.0 Å². The zero-order chi connectivity index (χ0) is 16.1. The summed E-state index contributed by atoms with van der Waals surface area (Å²) in [4.78, 5) is 0. The Morgan fingerprint density at radius 2 is 1.23 bits per heavy atom. The van der Waals surface area contributed by atoms with E-state index in [0.717, 1.165) is 38.5 Å². The van der Waals surface area contributed by atoms with Crippen LogP contribution in [0.5, 0.6) is 0 Å². The van der Waals surface area contributed by atoms with Crippen LogP contribution < -0.4 is 29.6 Å². The summed E-state index contributed by atoms with van der Waals surface area (Å²) in [6.45, 7) is 3.51. The molecule has 0 aliphatic carbocycles. The third-order valence-corrected chi connectivity index (χ3v) is 5.33. The monoisotopic (exact) mass is 344 g/mol. The Hall–Kier alpha value is 0.870. The molecule has 2 unspecified atom stereocenters. The van der Waals surface area contributed by atoms with Crippen molar-refractivity contribution >= 4 is 10.1 Å². The summed E-state index contributed by atoms with van der Waals surface area (Å²) in [6, 6.07) is 0.